The molecule has 2 aromatic carbocycles. The average molecular weight is 447 g/mol. The Labute approximate surface area is 167 Å². The highest BCUT2D eigenvalue weighted by Gasteiger charge is 2.40. The van der Waals surface area contributed by atoms with E-state index >= 15 is 0 Å². The third kappa shape index (κ3) is 4.01. The van der Waals surface area contributed by atoms with Gasteiger partial charge in [-0.15, -0.1) is 0 Å². The molecule has 144 valence electrons. The number of amides is 2. The van der Waals surface area contributed by atoms with Crippen molar-refractivity contribution in [3.63, 3.8) is 0 Å². The molecule has 0 bridgehead atoms. The summed E-state index contributed by atoms with van der Waals surface area (Å²) in [6, 6.07) is 11.7. The zero-order chi connectivity index (χ0) is 20.3. The number of aromatic hydroxyl groups is 1. The fourth-order valence-corrected chi connectivity index (χ4v) is 3.47. The van der Waals surface area contributed by atoms with Crippen molar-refractivity contribution in [3.05, 3.63) is 68.2 Å². The van der Waals surface area contributed by atoms with Crippen LogP contribution in [0.2, 0.25) is 0 Å². The Kier molecular flexibility index (Phi) is 5.69. The Bertz CT molecular complexity index is 964. The standard InChI is InChI=1S/C18H15BrN4O5/c19-12-6-11(16(24)14(7-12)23(27)28)8-21-22-18(26)15-13(9-20-17(15)25)10-4-2-1-3-5-10/h1-8,13,15,24H,9H2,(H,20,25)(H,22,26)/t13-,15-/m1/s1. The first kappa shape index (κ1) is 19.5. The zero-order valence-electron chi connectivity index (χ0n) is 14.3. The Morgan fingerprint density at radius 3 is 2.75 bits per heavy atom. The SMILES string of the molecule is O=C1NC[C@H](c2ccccc2)[C@H]1C(=O)NN=Cc1cc(Br)cc([N+](=O)[O-])c1O. The molecule has 2 amide bonds. The van der Waals surface area contributed by atoms with Crippen LogP contribution >= 0.6 is 15.9 Å². The van der Waals surface area contributed by atoms with Crippen LogP contribution in [-0.4, -0.2) is 34.6 Å². The number of carbonyl (C=O) groups excluding carboxylic acids is 2. The van der Waals surface area contributed by atoms with E-state index in [0.29, 0.717) is 11.0 Å². The van der Waals surface area contributed by atoms with E-state index in [-0.39, 0.29) is 11.5 Å². The minimum Gasteiger partial charge on any atom is -0.502 e. The lowest BCUT2D eigenvalue weighted by atomic mass is 9.88. The van der Waals surface area contributed by atoms with Crippen LogP contribution in [0.15, 0.2) is 52.0 Å². The molecule has 2 aromatic rings. The van der Waals surface area contributed by atoms with Gasteiger partial charge in [-0.25, -0.2) is 5.43 Å². The van der Waals surface area contributed by atoms with Gasteiger partial charge in [0.2, 0.25) is 11.7 Å². The Hall–Kier alpha value is -3.27. The first-order valence-corrected chi connectivity index (χ1v) is 9.00. The van der Waals surface area contributed by atoms with E-state index in [2.05, 4.69) is 31.8 Å². The third-order valence-electron chi connectivity index (χ3n) is 4.35. The molecule has 28 heavy (non-hydrogen) atoms. The maximum Gasteiger partial charge on any atom is 0.312 e. The number of hydrogen-bond acceptors (Lipinski definition) is 6. The summed E-state index contributed by atoms with van der Waals surface area (Å²) >= 11 is 3.11. The number of hydrogen-bond donors (Lipinski definition) is 3. The highest BCUT2D eigenvalue weighted by Crippen LogP contribution is 2.32. The lowest BCUT2D eigenvalue weighted by molar-refractivity contribution is -0.385. The van der Waals surface area contributed by atoms with E-state index in [4.69, 9.17) is 0 Å². The van der Waals surface area contributed by atoms with Gasteiger partial charge in [-0.1, -0.05) is 46.3 Å². The van der Waals surface area contributed by atoms with Gasteiger partial charge in [-0.05, 0) is 11.6 Å². The third-order valence-corrected chi connectivity index (χ3v) is 4.81. The van der Waals surface area contributed by atoms with Crippen LogP contribution in [0.1, 0.15) is 17.0 Å². The number of hydrazone groups is 1. The summed E-state index contributed by atoms with van der Waals surface area (Å²) in [7, 11) is 0. The Morgan fingerprint density at radius 2 is 2.07 bits per heavy atom. The van der Waals surface area contributed by atoms with Crippen LogP contribution in [-0.2, 0) is 9.59 Å². The van der Waals surface area contributed by atoms with Gasteiger partial charge in [0.25, 0.3) is 5.91 Å². The van der Waals surface area contributed by atoms with Crippen LogP contribution < -0.4 is 10.7 Å². The minimum absolute atomic E-state index is 0.0388. The number of nitrogens with one attached hydrogen (secondary N) is 2. The van der Waals surface area contributed by atoms with Crippen molar-refractivity contribution in [2.24, 2.45) is 11.0 Å². The highest BCUT2D eigenvalue weighted by atomic mass is 79.9. The van der Waals surface area contributed by atoms with Gasteiger partial charge < -0.3 is 10.4 Å². The quantitative estimate of drug-likeness (QED) is 0.279. The van der Waals surface area contributed by atoms with Crippen molar-refractivity contribution >= 4 is 39.6 Å². The molecule has 9 nitrogen and oxygen atoms in total. The smallest absolute Gasteiger partial charge is 0.312 e. The van der Waals surface area contributed by atoms with Crippen LogP contribution in [0.5, 0.6) is 5.75 Å². The number of benzene rings is 2. The van der Waals surface area contributed by atoms with Gasteiger partial charge in [0, 0.05) is 28.6 Å². The molecule has 3 rings (SSSR count). The number of phenolic OH excluding ortho intramolecular Hbond substituents is 1. The molecule has 0 saturated carbocycles. The summed E-state index contributed by atoms with van der Waals surface area (Å²) < 4.78 is 0.365. The fraction of sp³-hybridized carbons (Fsp3) is 0.167. The number of nitro benzene ring substituents is 1. The van der Waals surface area contributed by atoms with Crippen molar-refractivity contribution in [3.8, 4) is 5.75 Å². The topological polar surface area (TPSA) is 134 Å². The lowest BCUT2D eigenvalue weighted by Crippen LogP contribution is -2.34. The van der Waals surface area contributed by atoms with Crippen molar-refractivity contribution in [2.75, 3.05) is 6.54 Å². The monoisotopic (exact) mass is 446 g/mol. The Balaban J connectivity index is 1.76. The fourth-order valence-electron chi connectivity index (χ4n) is 3.01. The normalized spacial score (nSPS) is 18.8. The number of nitro groups is 1. The van der Waals surface area contributed by atoms with Crippen molar-refractivity contribution in [1.82, 2.24) is 10.7 Å². The maximum absolute atomic E-state index is 12.5. The molecule has 0 aliphatic carbocycles. The lowest BCUT2D eigenvalue weighted by Gasteiger charge is -2.15. The molecule has 1 saturated heterocycles. The summed E-state index contributed by atoms with van der Waals surface area (Å²) in [6.45, 7) is 0.337. The molecular formula is C18H15BrN4O5. The van der Waals surface area contributed by atoms with Crippen molar-refractivity contribution < 1.29 is 19.6 Å². The van der Waals surface area contributed by atoms with E-state index in [1.165, 1.54) is 6.07 Å². The molecule has 0 aromatic heterocycles. The van der Waals surface area contributed by atoms with Crippen LogP contribution in [0.4, 0.5) is 5.69 Å². The van der Waals surface area contributed by atoms with Gasteiger partial charge in [-0.3, -0.25) is 19.7 Å². The summed E-state index contributed by atoms with van der Waals surface area (Å²) in [5, 5.41) is 27.3. The summed E-state index contributed by atoms with van der Waals surface area (Å²) in [6.07, 6.45) is 1.08. The van der Waals surface area contributed by atoms with Gasteiger partial charge in [0.1, 0.15) is 5.92 Å². The van der Waals surface area contributed by atoms with Crippen LogP contribution in [0, 0.1) is 16.0 Å². The van der Waals surface area contributed by atoms with E-state index in [1.54, 1.807) is 0 Å². The molecule has 0 unspecified atom stereocenters. The average Bonchev–Trinajstić information content (AvgIpc) is 3.06. The number of phenols is 1. The minimum atomic E-state index is -0.954. The molecule has 1 aliphatic heterocycles. The molecule has 1 aliphatic rings. The largest absolute Gasteiger partial charge is 0.502 e. The van der Waals surface area contributed by atoms with E-state index in [0.717, 1.165) is 17.8 Å². The van der Waals surface area contributed by atoms with E-state index in [1.807, 2.05) is 30.3 Å². The second-order valence-electron chi connectivity index (χ2n) is 6.09. The summed E-state index contributed by atoms with van der Waals surface area (Å²) in [4.78, 5) is 34.8. The first-order valence-electron chi connectivity index (χ1n) is 8.21. The van der Waals surface area contributed by atoms with Crippen LogP contribution in [0.25, 0.3) is 0 Å². The molecule has 1 heterocycles. The first-order chi connectivity index (χ1) is 13.4. The second-order valence-corrected chi connectivity index (χ2v) is 7.01. The molecule has 2 atom stereocenters. The highest BCUT2D eigenvalue weighted by molar-refractivity contribution is 9.10. The van der Waals surface area contributed by atoms with E-state index in [9.17, 15) is 24.8 Å². The predicted molar refractivity (Wildman–Crippen MR) is 104 cm³/mol. The molecule has 10 heteroatoms. The summed E-state index contributed by atoms with van der Waals surface area (Å²) in [5.41, 5.74) is 2.66. The van der Waals surface area contributed by atoms with Crippen molar-refractivity contribution in [2.45, 2.75) is 5.92 Å². The van der Waals surface area contributed by atoms with Gasteiger partial charge in [-0.2, -0.15) is 5.10 Å². The number of halogens is 1. The Morgan fingerprint density at radius 1 is 1.36 bits per heavy atom. The number of carbonyl (C=O) groups is 2. The van der Waals surface area contributed by atoms with E-state index < -0.39 is 34.1 Å². The summed E-state index contributed by atoms with van der Waals surface area (Å²) in [5.74, 6) is -2.87. The zero-order valence-corrected chi connectivity index (χ0v) is 15.9. The molecular weight excluding hydrogens is 432 g/mol. The van der Waals surface area contributed by atoms with Gasteiger partial charge >= 0.3 is 5.69 Å². The van der Waals surface area contributed by atoms with Crippen LogP contribution in [0.3, 0.4) is 0 Å². The molecule has 0 spiro atoms. The van der Waals surface area contributed by atoms with Gasteiger partial charge in [0.15, 0.2) is 0 Å². The molecule has 3 N–H and O–H groups in total. The molecule has 1 fully saturated rings. The predicted octanol–water partition coefficient (Wildman–Crippen LogP) is 2.04. The van der Waals surface area contributed by atoms with Gasteiger partial charge in [0.05, 0.1) is 11.1 Å². The number of rotatable bonds is 5. The second kappa shape index (κ2) is 8.17. The molecule has 0 radical (unpaired) electrons. The van der Waals surface area contributed by atoms with Crippen molar-refractivity contribution in [1.29, 1.82) is 0 Å². The maximum atomic E-state index is 12.5. The number of nitrogens with zero attached hydrogens (tertiary/aromatic N) is 2.